The Hall–Kier alpha value is -0.860. The third kappa shape index (κ3) is 2.45. The number of benzene rings is 1. The highest BCUT2D eigenvalue weighted by Crippen LogP contribution is 2.38. The lowest BCUT2D eigenvalue weighted by Gasteiger charge is -2.48. The SMILES string of the molecule is C[C@@H]1CN(C(C)(C)C)CC[C@]1(O)c1ccccc1. The molecule has 2 rings (SSSR count). The molecule has 1 aromatic rings. The van der Waals surface area contributed by atoms with Crippen LogP contribution in [0.3, 0.4) is 0 Å². The van der Waals surface area contributed by atoms with E-state index >= 15 is 0 Å². The van der Waals surface area contributed by atoms with Gasteiger partial charge in [0, 0.05) is 24.5 Å². The van der Waals surface area contributed by atoms with Crippen LogP contribution in [0.1, 0.15) is 39.7 Å². The first-order valence-corrected chi connectivity index (χ1v) is 6.87. The smallest absolute Gasteiger partial charge is 0.0946 e. The summed E-state index contributed by atoms with van der Waals surface area (Å²) in [6.07, 6.45) is 0.815. The van der Waals surface area contributed by atoms with Crippen LogP contribution < -0.4 is 0 Å². The van der Waals surface area contributed by atoms with Crippen molar-refractivity contribution < 1.29 is 5.11 Å². The molecule has 100 valence electrons. The number of nitrogens with zero attached hydrogens (tertiary/aromatic N) is 1. The largest absolute Gasteiger partial charge is 0.385 e. The van der Waals surface area contributed by atoms with E-state index in [0.29, 0.717) is 0 Å². The molecule has 2 nitrogen and oxygen atoms in total. The Morgan fingerprint density at radius 3 is 2.33 bits per heavy atom. The Bertz CT molecular complexity index is 395. The van der Waals surface area contributed by atoms with Crippen LogP contribution >= 0.6 is 0 Å². The van der Waals surface area contributed by atoms with Crippen molar-refractivity contribution in [1.29, 1.82) is 0 Å². The van der Waals surface area contributed by atoms with E-state index in [0.717, 1.165) is 25.1 Å². The van der Waals surface area contributed by atoms with Gasteiger partial charge in [-0.3, -0.25) is 4.90 Å². The van der Waals surface area contributed by atoms with E-state index in [4.69, 9.17) is 0 Å². The second kappa shape index (κ2) is 4.67. The van der Waals surface area contributed by atoms with Gasteiger partial charge in [0.05, 0.1) is 5.60 Å². The van der Waals surface area contributed by atoms with Gasteiger partial charge < -0.3 is 5.11 Å². The zero-order valence-corrected chi connectivity index (χ0v) is 12.0. The zero-order valence-electron chi connectivity index (χ0n) is 12.0. The summed E-state index contributed by atoms with van der Waals surface area (Å²) < 4.78 is 0. The Kier molecular flexibility index (Phi) is 3.52. The lowest BCUT2D eigenvalue weighted by Crippen LogP contribution is -2.54. The quantitative estimate of drug-likeness (QED) is 0.824. The third-order valence-corrected chi connectivity index (χ3v) is 4.29. The van der Waals surface area contributed by atoms with Crippen molar-refractivity contribution in [3.8, 4) is 0 Å². The van der Waals surface area contributed by atoms with E-state index in [1.54, 1.807) is 0 Å². The number of hydrogen-bond donors (Lipinski definition) is 1. The Morgan fingerprint density at radius 2 is 1.83 bits per heavy atom. The maximum atomic E-state index is 11.0. The molecule has 0 aliphatic carbocycles. The molecular weight excluding hydrogens is 222 g/mol. The molecule has 1 aromatic carbocycles. The highest BCUT2D eigenvalue weighted by Gasteiger charge is 2.42. The number of aliphatic hydroxyl groups is 1. The average molecular weight is 247 g/mol. The van der Waals surface area contributed by atoms with Gasteiger partial charge in [-0.05, 0) is 32.8 Å². The molecule has 0 saturated carbocycles. The monoisotopic (exact) mass is 247 g/mol. The van der Waals surface area contributed by atoms with Gasteiger partial charge >= 0.3 is 0 Å². The van der Waals surface area contributed by atoms with Crippen LogP contribution in [0.2, 0.25) is 0 Å². The maximum Gasteiger partial charge on any atom is 0.0946 e. The molecule has 18 heavy (non-hydrogen) atoms. The van der Waals surface area contributed by atoms with Gasteiger partial charge in [0.1, 0.15) is 0 Å². The molecule has 1 saturated heterocycles. The fourth-order valence-electron chi connectivity index (χ4n) is 2.89. The van der Waals surface area contributed by atoms with Crippen LogP contribution in [0.25, 0.3) is 0 Å². The van der Waals surface area contributed by atoms with E-state index in [1.807, 2.05) is 30.3 Å². The number of piperidine rings is 1. The van der Waals surface area contributed by atoms with Crippen LogP contribution in [0, 0.1) is 5.92 Å². The fraction of sp³-hybridized carbons (Fsp3) is 0.625. The average Bonchev–Trinajstić information content (AvgIpc) is 2.32. The minimum Gasteiger partial charge on any atom is -0.385 e. The summed E-state index contributed by atoms with van der Waals surface area (Å²) in [6.45, 7) is 10.8. The first-order chi connectivity index (χ1) is 8.34. The molecule has 2 heteroatoms. The summed E-state index contributed by atoms with van der Waals surface area (Å²) in [4.78, 5) is 2.47. The summed E-state index contributed by atoms with van der Waals surface area (Å²) in [5.41, 5.74) is 0.584. The van der Waals surface area contributed by atoms with Crippen LogP contribution in [-0.2, 0) is 5.60 Å². The zero-order chi connectivity index (χ0) is 13.4. The van der Waals surface area contributed by atoms with Crippen LogP contribution in [0.5, 0.6) is 0 Å². The molecule has 1 heterocycles. The van der Waals surface area contributed by atoms with Gasteiger partial charge in [-0.25, -0.2) is 0 Å². The van der Waals surface area contributed by atoms with E-state index in [1.165, 1.54) is 0 Å². The molecular formula is C16H25NO. The number of rotatable bonds is 1. The van der Waals surface area contributed by atoms with E-state index < -0.39 is 5.60 Å². The molecule has 1 aliphatic heterocycles. The van der Waals surface area contributed by atoms with E-state index in [-0.39, 0.29) is 11.5 Å². The van der Waals surface area contributed by atoms with Crippen molar-refractivity contribution in [3.63, 3.8) is 0 Å². The van der Waals surface area contributed by atoms with Crippen molar-refractivity contribution in [3.05, 3.63) is 35.9 Å². The van der Waals surface area contributed by atoms with E-state index in [2.05, 4.69) is 32.6 Å². The maximum absolute atomic E-state index is 11.0. The van der Waals surface area contributed by atoms with E-state index in [9.17, 15) is 5.11 Å². The molecule has 2 atom stereocenters. The molecule has 1 aliphatic rings. The van der Waals surface area contributed by atoms with Gasteiger partial charge in [0.25, 0.3) is 0 Å². The Balaban J connectivity index is 2.19. The van der Waals surface area contributed by atoms with Crippen molar-refractivity contribution >= 4 is 0 Å². The Morgan fingerprint density at radius 1 is 1.22 bits per heavy atom. The molecule has 0 bridgehead atoms. The fourth-order valence-corrected chi connectivity index (χ4v) is 2.89. The van der Waals surface area contributed by atoms with Crippen LogP contribution in [0.4, 0.5) is 0 Å². The normalized spacial score (nSPS) is 30.4. The van der Waals surface area contributed by atoms with Crippen molar-refractivity contribution in [2.45, 2.75) is 45.3 Å². The first kappa shape index (κ1) is 13.6. The van der Waals surface area contributed by atoms with Crippen molar-refractivity contribution in [2.24, 2.45) is 5.92 Å². The second-order valence-electron chi connectivity index (χ2n) is 6.56. The highest BCUT2D eigenvalue weighted by molar-refractivity contribution is 5.24. The summed E-state index contributed by atoms with van der Waals surface area (Å²) in [5.74, 6) is 0.257. The lowest BCUT2D eigenvalue weighted by atomic mass is 9.76. The summed E-state index contributed by atoms with van der Waals surface area (Å²) >= 11 is 0. The lowest BCUT2D eigenvalue weighted by molar-refractivity contribution is -0.0884. The second-order valence-corrected chi connectivity index (χ2v) is 6.56. The molecule has 0 unspecified atom stereocenters. The van der Waals surface area contributed by atoms with Crippen LogP contribution in [-0.4, -0.2) is 28.6 Å². The summed E-state index contributed by atoms with van der Waals surface area (Å²) in [7, 11) is 0. The van der Waals surface area contributed by atoms with Gasteiger partial charge in [-0.1, -0.05) is 37.3 Å². The van der Waals surface area contributed by atoms with Crippen LogP contribution in [0.15, 0.2) is 30.3 Å². The van der Waals surface area contributed by atoms with Gasteiger partial charge in [0.15, 0.2) is 0 Å². The predicted octanol–water partition coefficient (Wildman–Crippen LogP) is 3.01. The first-order valence-electron chi connectivity index (χ1n) is 6.87. The topological polar surface area (TPSA) is 23.5 Å². The summed E-state index contributed by atoms with van der Waals surface area (Å²) in [6, 6.07) is 10.1. The van der Waals surface area contributed by atoms with Crippen molar-refractivity contribution in [1.82, 2.24) is 4.90 Å². The predicted molar refractivity (Wildman–Crippen MR) is 75.4 cm³/mol. The van der Waals surface area contributed by atoms with Gasteiger partial charge in [0.2, 0.25) is 0 Å². The minimum atomic E-state index is -0.664. The molecule has 1 fully saturated rings. The molecule has 0 amide bonds. The molecule has 0 aromatic heterocycles. The highest BCUT2D eigenvalue weighted by atomic mass is 16.3. The van der Waals surface area contributed by atoms with Gasteiger partial charge in [-0.15, -0.1) is 0 Å². The third-order valence-electron chi connectivity index (χ3n) is 4.29. The Labute approximate surface area is 111 Å². The number of hydrogen-bond acceptors (Lipinski definition) is 2. The molecule has 1 N–H and O–H groups in total. The summed E-state index contributed by atoms with van der Waals surface area (Å²) in [5, 5.41) is 11.0. The molecule has 0 radical (unpaired) electrons. The van der Waals surface area contributed by atoms with Gasteiger partial charge in [-0.2, -0.15) is 0 Å². The molecule has 0 spiro atoms. The number of likely N-dealkylation sites (tertiary alicyclic amines) is 1. The van der Waals surface area contributed by atoms with Crippen molar-refractivity contribution in [2.75, 3.05) is 13.1 Å². The standard InChI is InChI=1S/C16H25NO/c1-13-12-17(15(2,3)4)11-10-16(13,18)14-8-6-5-7-9-14/h5-9,13,18H,10-12H2,1-4H3/t13-,16-/m1/s1. The minimum absolute atomic E-state index is 0.187.